The van der Waals surface area contributed by atoms with Gasteiger partial charge in [-0.15, -0.1) is 16.4 Å². The molecule has 0 aliphatic heterocycles. The molecule has 3 aromatic rings. The highest BCUT2D eigenvalue weighted by Gasteiger charge is 2.19. The predicted molar refractivity (Wildman–Crippen MR) is 88.5 cm³/mol. The van der Waals surface area contributed by atoms with Gasteiger partial charge in [0.05, 0.1) is 10.9 Å². The van der Waals surface area contributed by atoms with Crippen LogP contribution in [0.4, 0.5) is 5.69 Å². The Morgan fingerprint density at radius 3 is 2.75 bits per heavy atom. The van der Waals surface area contributed by atoms with E-state index in [2.05, 4.69) is 5.10 Å². The Morgan fingerprint density at radius 2 is 2.08 bits per heavy atom. The number of amides is 1. The predicted octanol–water partition coefficient (Wildman–Crippen LogP) is 2.12. The molecule has 0 aliphatic rings. The molecule has 2 heterocycles. The molecule has 8 heteroatoms. The minimum atomic E-state index is -0.711. The number of para-hydroxylation sites is 1. The number of carbonyl (C=O) groups excluding carboxylic acids is 1. The summed E-state index contributed by atoms with van der Waals surface area (Å²) in [5.41, 5.74) is 0.582. The third-order valence-corrected chi connectivity index (χ3v) is 4.08. The van der Waals surface area contributed by atoms with Gasteiger partial charge in [0.1, 0.15) is 13.1 Å². The Morgan fingerprint density at radius 1 is 1.29 bits per heavy atom. The third kappa shape index (κ3) is 3.26. The molecular formula is C16H12N4O3S. The zero-order valence-electron chi connectivity index (χ0n) is 12.5. The van der Waals surface area contributed by atoms with Gasteiger partial charge in [0.2, 0.25) is 5.91 Å². The van der Waals surface area contributed by atoms with Crippen LogP contribution in [0.1, 0.15) is 0 Å². The van der Waals surface area contributed by atoms with Crippen molar-refractivity contribution in [2.45, 2.75) is 6.54 Å². The molecule has 0 unspecified atom stereocenters. The summed E-state index contributed by atoms with van der Waals surface area (Å²) >= 11 is 1.38. The van der Waals surface area contributed by atoms with Crippen molar-refractivity contribution in [3.8, 4) is 16.8 Å². The minimum Gasteiger partial charge on any atom is -0.387 e. The molecule has 0 spiro atoms. The van der Waals surface area contributed by atoms with Crippen LogP contribution in [0.5, 0.6) is 0 Å². The second-order valence-corrected chi connectivity index (χ2v) is 5.73. The van der Waals surface area contributed by atoms with Gasteiger partial charge in [-0.3, -0.25) is 9.69 Å². The van der Waals surface area contributed by atoms with Gasteiger partial charge >= 0.3 is 5.76 Å². The largest absolute Gasteiger partial charge is 0.437 e. The number of nitriles is 1. The van der Waals surface area contributed by atoms with Gasteiger partial charge in [-0.05, 0) is 23.6 Å². The van der Waals surface area contributed by atoms with E-state index in [0.717, 1.165) is 4.68 Å². The molecule has 1 aromatic carbocycles. The van der Waals surface area contributed by atoms with Crippen LogP contribution in [0.25, 0.3) is 10.8 Å². The van der Waals surface area contributed by atoms with E-state index in [1.54, 1.807) is 30.3 Å². The highest BCUT2D eigenvalue weighted by Crippen LogP contribution is 2.21. The lowest BCUT2D eigenvalue weighted by molar-refractivity contribution is -0.119. The Kier molecular flexibility index (Phi) is 4.54. The van der Waals surface area contributed by atoms with E-state index in [0.29, 0.717) is 10.6 Å². The lowest BCUT2D eigenvalue weighted by Gasteiger charge is -2.19. The Bertz CT molecular complexity index is 922. The SMILES string of the molecule is N#CCN(C(=O)Cn1nc(-c2cccs2)oc1=O)c1ccccc1. The number of thiophene rings is 1. The summed E-state index contributed by atoms with van der Waals surface area (Å²) in [4.78, 5) is 26.4. The van der Waals surface area contributed by atoms with Gasteiger partial charge in [-0.1, -0.05) is 24.3 Å². The second kappa shape index (κ2) is 6.93. The zero-order chi connectivity index (χ0) is 16.9. The fourth-order valence-corrected chi connectivity index (χ4v) is 2.77. The van der Waals surface area contributed by atoms with Gasteiger partial charge in [0, 0.05) is 5.69 Å². The molecule has 2 aromatic heterocycles. The first kappa shape index (κ1) is 15.7. The lowest BCUT2D eigenvalue weighted by Crippen LogP contribution is -2.36. The highest BCUT2D eigenvalue weighted by molar-refractivity contribution is 7.13. The molecule has 0 bridgehead atoms. The quantitative estimate of drug-likeness (QED) is 0.663. The highest BCUT2D eigenvalue weighted by atomic mass is 32.1. The van der Waals surface area contributed by atoms with Crippen molar-refractivity contribution in [2.75, 3.05) is 11.4 Å². The van der Waals surface area contributed by atoms with Gasteiger partial charge in [0.15, 0.2) is 0 Å². The summed E-state index contributed by atoms with van der Waals surface area (Å²) in [6, 6.07) is 14.3. The fraction of sp³-hybridized carbons (Fsp3) is 0.125. The molecule has 0 atom stereocenters. The van der Waals surface area contributed by atoms with Crippen molar-refractivity contribution in [3.63, 3.8) is 0 Å². The number of nitrogens with zero attached hydrogens (tertiary/aromatic N) is 4. The Hall–Kier alpha value is -3.18. The molecule has 120 valence electrons. The van der Waals surface area contributed by atoms with Crippen LogP contribution < -0.4 is 10.7 Å². The van der Waals surface area contributed by atoms with Crippen LogP contribution in [0.2, 0.25) is 0 Å². The molecule has 0 radical (unpaired) electrons. The van der Waals surface area contributed by atoms with E-state index in [1.807, 2.05) is 23.6 Å². The average molecular weight is 340 g/mol. The molecule has 0 saturated heterocycles. The van der Waals surface area contributed by atoms with E-state index >= 15 is 0 Å². The van der Waals surface area contributed by atoms with Crippen LogP contribution in [0.15, 0.2) is 57.1 Å². The molecular weight excluding hydrogens is 328 g/mol. The van der Waals surface area contributed by atoms with Gasteiger partial charge in [-0.2, -0.15) is 9.94 Å². The van der Waals surface area contributed by atoms with Gasteiger partial charge < -0.3 is 4.42 Å². The topological polar surface area (TPSA) is 92.1 Å². The number of rotatable bonds is 5. The van der Waals surface area contributed by atoms with Crippen molar-refractivity contribution in [1.82, 2.24) is 9.78 Å². The van der Waals surface area contributed by atoms with Crippen molar-refractivity contribution >= 4 is 22.9 Å². The van der Waals surface area contributed by atoms with Crippen molar-refractivity contribution in [3.05, 3.63) is 58.4 Å². The Labute approximate surface area is 141 Å². The standard InChI is InChI=1S/C16H12N4O3S/c17-8-9-19(12-5-2-1-3-6-12)14(21)11-20-16(22)23-15(18-20)13-7-4-10-24-13/h1-7,10H,9,11H2. The van der Waals surface area contributed by atoms with Crippen molar-refractivity contribution in [2.24, 2.45) is 0 Å². The maximum Gasteiger partial charge on any atom is 0.437 e. The number of hydrogen-bond acceptors (Lipinski definition) is 6. The molecule has 24 heavy (non-hydrogen) atoms. The van der Waals surface area contributed by atoms with E-state index < -0.39 is 11.7 Å². The molecule has 0 N–H and O–H groups in total. The second-order valence-electron chi connectivity index (χ2n) is 4.78. The summed E-state index contributed by atoms with van der Waals surface area (Å²) in [7, 11) is 0. The van der Waals surface area contributed by atoms with Crippen LogP contribution in [-0.4, -0.2) is 22.2 Å². The van der Waals surface area contributed by atoms with Crippen LogP contribution >= 0.6 is 11.3 Å². The molecule has 7 nitrogen and oxygen atoms in total. The van der Waals surface area contributed by atoms with E-state index in [1.165, 1.54) is 16.2 Å². The zero-order valence-corrected chi connectivity index (χ0v) is 13.3. The molecule has 3 rings (SSSR count). The summed E-state index contributed by atoms with van der Waals surface area (Å²) in [5, 5.41) is 14.8. The molecule has 0 saturated carbocycles. The van der Waals surface area contributed by atoms with E-state index in [-0.39, 0.29) is 19.0 Å². The third-order valence-electron chi connectivity index (χ3n) is 3.22. The lowest BCUT2D eigenvalue weighted by atomic mass is 10.3. The normalized spacial score (nSPS) is 10.3. The monoisotopic (exact) mass is 340 g/mol. The van der Waals surface area contributed by atoms with Crippen LogP contribution in [0, 0.1) is 11.3 Å². The summed E-state index contributed by atoms with van der Waals surface area (Å²) in [6.45, 7) is -0.419. The maximum absolute atomic E-state index is 12.5. The molecule has 1 amide bonds. The number of carbonyl (C=O) groups is 1. The van der Waals surface area contributed by atoms with Crippen molar-refractivity contribution < 1.29 is 9.21 Å². The summed E-state index contributed by atoms with van der Waals surface area (Å²) < 4.78 is 6.04. The minimum absolute atomic E-state index is 0.118. The first-order valence-corrected chi connectivity index (χ1v) is 7.91. The van der Waals surface area contributed by atoms with E-state index in [4.69, 9.17) is 9.68 Å². The average Bonchev–Trinajstić information content (AvgIpc) is 3.24. The number of anilines is 1. The van der Waals surface area contributed by atoms with Crippen LogP contribution in [0.3, 0.4) is 0 Å². The number of benzene rings is 1. The van der Waals surface area contributed by atoms with Crippen LogP contribution in [-0.2, 0) is 11.3 Å². The Balaban J connectivity index is 1.83. The molecule has 0 fully saturated rings. The van der Waals surface area contributed by atoms with Crippen molar-refractivity contribution in [1.29, 1.82) is 5.26 Å². The molecule has 0 aliphatic carbocycles. The smallest absolute Gasteiger partial charge is 0.387 e. The van der Waals surface area contributed by atoms with Gasteiger partial charge in [-0.25, -0.2) is 4.79 Å². The van der Waals surface area contributed by atoms with E-state index in [9.17, 15) is 9.59 Å². The first-order valence-electron chi connectivity index (χ1n) is 7.03. The number of aromatic nitrogens is 2. The fourth-order valence-electron chi connectivity index (χ4n) is 2.12. The maximum atomic E-state index is 12.5. The van der Waals surface area contributed by atoms with Gasteiger partial charge in [0.25, 0.3) is 5.89 Å². The summed E-state index contributed by atoms with van der Waals surface area (Å²) in [5.74, 6) is -0.957. The first-order chi connectivity index (χ1) is 11.7. The summed E-state index contributed by atoms with van der Waals surface area (Å²) in [6.07, 6.45) is 0. The number of hydrogen-bond donors (Lipinski definition) is 0.